The molecule has 1 saturated heterocycles. The standard InChI is InChI=1S/C17H23N3O2S/c1-12(8-14-4-3-7-23-14)17(21)19-13-5-6-22-16(9-13)15-10-18-11-20(15)2/h3-4,7,10-13,16H,5-6,8-9H2,1-2H3,(H,19,21)/t12-,13-,16+/m1/s1. The molecule has 1 N–H and O–H groups in total. The molecule has 0 spiro atoms. The van der Waals surface area contributed by atoms with E-state index in [4.69, 9.17) is 4.74 Å². The van der Waals surface area contributed by atoms with Crippen LogP contribution in [0.1, 0.15) is 36.4 Å². The molecule has 0 radical (unpaired) electrons. The van der Waals surface area contributed by atoms with Crippen molar-refractivity contribution in [2.24, 2.45) is 13.0 Å². The summed E-state index contributed by atoms with van der Waals surface area (Å²) in [7, 11) is 1.97. The summed E-state index contributed by atoms with van der Waals surface area (Å²) in [6.45, 7) is 2.66. The number of imidazole rings is 1. The van der Waals surface area contributed by atoms with Gasteiger partial charge in [-0.05, 0) is 30.7 Å². The molecule has 1 aliphatic heterocycles. The van der Waals surface area contributed by atoms with E-state index in [1.165, 1.54) is 4.88 Å². The molecule has 1 aliphatic rings. The summed E-state index contributed by atoms with van der Waals surface area (Å²) in [5, 5.41) is 5.25. The van der Waals surface area contributed by atoms with Crippen LogP contribution in [0.25, 0.3) is 0 Å². The lowest BCUT2D eigenvalue weighted by Gasteiger charge is -2.31. The van der Waals surface area contributed by atoms with Gasteiger partial charge in [-0.15, -0.1) is 11.3 Å². The molecule has 23 heavy (non-hydrogen) atoms. The first-order valence-electron chi connectivity index (χ1n) is 8.04. The third-order valence-corrected chi connectivity index (χ3v) is 5.25. The minimum atomic E-state index is -0.00773. The highest BCUT2D eigenvalue weighted by Gasteiger charge is 2.27. The number of hydrogen-bond donors (Lipinski definition) is 1. The van der Waals surface area contributed by atoms with Gasteiger partial charge in [-0.25, -0.2) is 4.98 Å². The third kappa shape index (κ3) is 4.00. The molecule has 0 aliphatic carbocycles. The summed E-state index contributed by atoms with van der Waals surface area (Å²) in [5.74, 6) is 0.126. The van der Waals surface area contributed by atoms with E-state index in [-0.39, 0.29) is 24.0 Å². The van der Waals surface area contributed by atoms with E-state index >= 15 is 0 Å². The van der Waals surface area contributed by atoms with E-state index in [0.717, 1.165) is 25.0 Å². The summed E-state index contributed by atoms with van der Waals surface area (Å²) >= 11 is 1.71. The minimum Gasteiger partial charge on any atom is -0.372 e. The van der Waals surface area contributed by atoms with Gasteiger partial charge in [-0.1, -0.05) is 13.0 Å². The van der Waals surface area contributed by atoms with Crippen molar-refractivity contribution in [1.29, 1.82) is 0 Å². The van der Waals surface area contributed by atoms with Gasteiger partial charge in [0, 0.05) is 30.5 Å². The Hall–Kier alpha value is -1.66. The van der Waals surface area contributed by atoms with E-state index in [1.54, 1.807) is 17.7 Å². The summed E-state index contributed by atoms with van der Waals surface area (Å²) in [4.78, 5) is 17.8. The number of aromatic nitrogens is 2. The van der Waals surface area contributed by atoms with Gasteiger partial charge in [-0.2, -0.15) is 0 Å². The number of rotatable bonds is 5. The molecule has 3 rings (SSSR count). The Morgan fingerprint density at radius 1 is 1.61 bits per heavy atom. The van der Waals surface area contributed by atoms with Crippen molar-refractivity contribution in [1.82, 2.24) is 14.9 Å². The van der Waals surface area contributed by atoms with E-state index in [1.807, 2.05) is 30.8 Å². The number of aryl methyl sites for hydroxylation is 1. The van der Waals surface area contributed by atoms with Gasteiger partial charge in [0.15, 0.2) is 0 Å². The van der Waals surface area contributed by atoms with Crippen LogP contribution in [0.5, 0.6) is 0 Å². The predicted molar refractivity (Wildman–Crippen MR) is 90.3 cm³/mol. The van der Waals surface area contributed by atoms with Crippen LogP contribution in [0.2, 0.25) is 0 Å². The van der Waals surface area contributed by atoms with Gasteiger partial charge in [-0.3, -0.25) is 4.79 Å². The molecule has 3 heterocycles. The van der Waals surface area contributed by atoms with Crippen LogP contribution < -0.4 is 5.32 Å². The molecule has 2 aromatic heterocycles. The van der Waals surface area contributed by atoms with Gasteiger partial charge >= 0.3 is 0 Å². The summed E-state index contributed by atoms with van der Waals surface area (Å²) < 4.78 is 7.83. The van der Waals surface area contributed by atoms with E-state index in [9.17, 15) is 4.79 Å². The zero-order chi connectivity index (χ0) is 16.2. The van der Waals surface area contributed by atoms with Crippen molar-refractivity contribution in [3.8, 4) is 0 Å². The summed E-state index contributed by atoms with van der Waals surface area (Å²) in [6, 6.07) is 4.28. The highest BCUT2D eigenvalue weighted by Crippen LogP contribution is 2.27. The van der Waals surface area contributed by atoms with Crippen molar-refractivity contribution in [2.75, 3.05) is 6.61 Å². The van der Waals surface area contributed by atoms with Gasteiger partial charge in [0.05, 0.1) is 18.2 Å². The van der Waals surface area contributed by atoms with Crippen molar-refractivity contribution in [3.63, 3.8) is 0 Å². The fourth-order valence-electron chi connectivity index (χ4n) is 2.98. The molecule has 6 heteroatoms. The Morgan fingerprint density at radius 2 is 2.48 bits per heavy atom. The van der Waals surface area contributed by atoms with Crippen LogP contribution in [0.3, 0.4) is 0 Å². The number of nitrogens with one attached hydrogen (secondary N) is 1. The molecule has 0 bridgehead atoms. The number of ether oxygens (including phenoxy) is 1. The highest BCUT2D eigenvalue weighted by atomic mass is 32.1. The Bertz CT molecular complexity index is 638. The number of thiophene rings is 1. The molecule has 0 unspecified atom stereocenters. The third-order valence-electron chi connectivity index (χ3n) is 4.35. The lowest BCUT2D eigenvalue weighted by atomic mass is 9.99. The normalized spacial score (nSPS) is 22.7. The van der Waals surface area contributed by atoms with Crippen molar-refractivity contribution < 1.29 is 9.53 Å². The van der Waals surface area contributed by atoms with Crippen LogP contribution in [-0.4, -0.2) is 28.1 Å². The van der Waals surface area contributed by atoms with Crippen LogP contribution in [-0.2, 0) is 23.0 Å². The molecular formula is C17H23N3O2S. The molecule has 0 saturated carbocycles. The highest BCUT2D eigenvalue weighted by molar-refractivity contribution is 7.09. The molecule has 1 amide bonds. The first-order chi connectivity index (χ1) is 11.1. The summed E-state index contributed by atoms with van der Waals surface area (Å²) in [5.41, 5.74) is 1.07. The van der Waals surface area contributed by atoms with Gasteiger partial charge in [0.1, 0.15) is 6.10 Å². The SMILES string of the molecule is C[C@H](Cc1cccs1)C(=O)N[C@@H]1CCO[C@H](c2cncn2C)C1. The predicted octanol–water partition coefficient (Wildman–Crippen LogP) is 2.70. The minimum absolute atomic E-state index is 0.00773. The summed E-state index contributed by atoms with van der Waals surface area (Å²) in [6.07, 6.45) is 6.10. The lowest BCUT2D eigenvalue weighted by Crippen LogP contribution is -2.42. The van der Waals surface area contributed by atoms with Gasteiger partial charge in [0.2, 0.25) is 5.91 Å². The lowest BCUT2D eigenvalue weighted by molar-refractivity contribution is -0.126. The number of carbonyl (C=O) groups is 1. The first kappa shape index (κ1) is 16.2. The Labute approximate surface area is 140 Å². The van der Waals surface area contributed by atoms with Crippen LogP contribution in [0.15, 0.2) is 30.0 Å². The molecule has 1 fully saturated rings. The largest absolute Gasteiger partial charge is 0.372 e. The quantitative estimate of drug-likeness (QED) is 0.915. The molecule has 5 nitrogen and oxygen atoms in total. The number of carbonyl (C=O) groups excluding carboxylic acids is 1. The smallest absolute Gasteiger partial charge is 0.223 e. The second-order valence-corrected chi connectivity index (χ2v) is 7.24. The topological polar surface area (TPSA) is 56.1 Å². The molecule has 3 atom stereocenters. The Kier molecular flexibility index (Phi) is 5.13. The van der Waals surface area contributed by atoms with Crippen LogP contribution >= 0.6 is 11.3 Å². The van der Waals surface area contributed by atoms with Crippen LogP contribution in [0, 0.1) is 5.92 Å². The second kappa shape index (κ2) is 7.27. The van der Waals surface area contributed by atoms with Crippen molar-refractivity contribution >= 4 is 17.2 Å². The second-order valence-electron chi connectivity index (χ2n) is 6.20. The maximum absolute atomic E-state index is 12.4. The Morgan fingerprint density at radius 3 is 3.17 bits per heavy atom. The zero-order valence-electron chi connectivity index (χ0n) is 13.6. The van der Waals surface area contributed by atoms with Crippen molar-refractivity contribution in [3.05, 3.63) is 40.6 Å². The number of hydrogen-bond acceptors (Lipinski definition) is 4. The molecular weight excluding hydrogens is 310 g/mol. The maximum Gasteiger partial charge on any atom is 0.223 e. The van der Waals surface area contributed by atoms with Gasteiger partial charge in [0.25, 0.3) is 0 Å². The molecule has 2 aromatic rings. The molecule has 0 aromatic carbocycles. The first-order valence-corrected chi connectivity index (χ1v) is 8.92. The van der Waals surface area contributed by atoms with E-state index in [0.29, 0.717) is 6.61 Å². The van der Waals surface area contributed by atoms with Gasteiger partial charge < -0.3 is 14.6 Å². The van der Waals surface area contributed by atoms with E-state index in [2.05, 4.69) is 21.7 Å². The maximum atomic E-state index is 12.4. The fourth-order valence-corrected chi connectivity index (χ4v) is 3.81. The number of amides is 1. The van der Waals surface area contributed by atoms with Crippen LogP contribution in [0.4, 0.5) is 0 Å². The fraction of sp³-hybridized carbons (Fsp3) is 0.529. The average Bonchev–Trinajstić information content (AvgIpc) is 3.19. The Balaban J connectivity index is 1.55. The van der Waals surface area contributed by atoms with Crippen molar-refractivity contribution in [2.45, 2.75) is 38.3 Å². The number of nitrogens with zero attached hydrogens (tertiary/aromatic N) is 2. The molecule has 124 valence electrons. The zero-order valence-corrected chi connectivity index (χ0v) is 14.4. The average molecular weight is 333 g/mol. The monoisotopic (exact) mass is 333 g/mol. The van der Waals surface area contributed by atoms with E-state index < -0.39 is 0 Å².